The molecule has 0 fully saturated rings. The summed E-state index contributed by atoms with van der Waals surface area (Å²) < 4.78 is 0. The van der Waals surface area contributed by atoms with E-state index in [2.05, 4.69) is 74.1 Å². The van der Waals surface area contributed by atoms with Crippen molar-refractivity contribution < 1.29 is 0 Å². The van der Waals surface area contributed by atoms with Gasteiger partial charge < -0.3 is 10.6 Å². The van der Waals surface area contributed by atoms with Crippen LogP contribution >= 0.6 is 23.5 Å². The molecule has 0 saturated carbocycles. The number of rotatable bonds is 6. The van der Waals surface area contributed by atoms with Gasteiger partial charge in [0.1, 0.15) is 11.6 Å². The lowest BCUT2D eigenvalue weighted by Crippen LogP contribution is -2.06. The van der Waals surface area contributed by atoms with Crippen molar-refractivity contribution in [2.24, 2.45) is 0 Å². The van der Waals surface area contributed by atoms with Crippen molar-refractivity contribution in [1.82, 2.24) is 19.9 Å². The van der Waals surface area contributed by atoms with Gasteiger partial charge in [0.2, 0.25) is 0 Å². The maximum Gasteiger partial charge on any atom is 0.144 e. The van der Waals surface area contributed by atoms with Gasteiger partial charge in [-0.25, -0.2) is 9.97 Å². The molecule has 38 heavy (non-hydrogen) atoms. The minimum absolute atomic E-state index is 0.845. The van der Waals surface area contributed by atoms with E-state index in [1.54, 1.807) is 35.9 Å². The van der Waals surface area contributed by atoms with Crippen LogP contribution in [0.25, 0.3) is 23.3 Å². The summed E-state index contributed by atoms with van der Waals surface area (Å²) in [6.07, 6.45) is 19.1. The van der Waals surface area contributed by atoms with Gasteiger partial charge in [-0.3, -0.25) is 9.97 Å². The summed E-state index contributed by atoms with van der Waals surface area (Å²) in [4.78, 5) is 22.4. The number of hydrogen-bond acceptors (Lipinski definition) is 8. The molecule has 0 aromatic carbocycles. The predicted molar refractivity (Wildman–Crippen MR) is 159 cm³/mol. The van der Waals surface area contributed by atoms with Crippen molar-refractivity contribution in [2.45, 2.75) is 9.79 Å². The molecule has 6 rings (SSSR count). The number of nitrogens with one attached hydrogen (secondary N) is 2. The third-order valence-corrected chi connectivity index (χ3v) is 8.18. The first-order valence-electron chi connectivity index (χ1n) is 11.9. The number of thioether (sulfide) groups is 2. The van der Waals surface area contributed by atoms with Crippen molar-refractivity contribution >= 4 is 47.3 Å². The van der Waals surface area contributed by atoms with Gasteiger partial charge in [-0.15, -0.1) is 0 Å². The van der Waals surface area contributed by atoms with Gasteiger partial charge in [-0.05, 0) is 72.9 Å². The lowest BCUT2D eigenvalue weighted by Gasteiger charge is -2.19. The summed E-state index contributed by atoms with van der Waals surface area (Å²) in [6, 6.07) is 12.1. The topological polar surface area (TPSA) is 75.6 Å². The molecule has 0 bridgehead atoms. The second kappa shape index (κ2) is 10.5. The molecule has 0 radical (unpaired) electrons. The maximum absolute atomic E-state index is 4.68. The van der Waals surface area contributed by atoms with E-state index in [1.165, 1.54) is 0 Å². The molecule has 4 aliphatic rings. The molecule has 0 unspecified atom stereocenters. The molecule has 0 amide bonds. The Bertz CT molecular complexity index is 1670. The van der Waals surface area contributed by atoms with Crippen molar-refractivity contribution in [1.29, 1.82) is 0 Å². The highest BCUT2D eigenvalue weighted by Gasteiger charge is 2.17. The van der Waals surface area contributed by atoms with Gasteiger partial charge in [0.15, 0.2) is 0 Å². The average Bonchev–Trinajstić information content (AvgIpc) is 3.24. The van der Waals surface area contributed by atoms with E-state index in [-0.39, 0.29) is 0 Å². The normalized spacial score (nSPS) is 14.8. The zero-order valence-electron chi connectivity index (χ0n) is 20.3. The average molecular weight is 531 g/mol. The van der Waals surface area contributed by atoms with Crippen LogP contribution in [-0.4, -0.2) is 19.9 Å². The number of anilines is 2. The molecule has 6 nitrogen and oxygen atoms in total. The quantitative estimate of drug-likeness (QED) is 0.264. The number of hydrogen-bond donors (Lipinski definition) is 2. The van der Waals surface area contributed by atoms with Crippen molar-refractivity contribution in [3.63, 3.8) is 0 Å². The number of fused-ring (bicyclic) bond motifs is 3. The van der Waals surface area contributed by atoms with E-state index in [0.29, 0.717) is 0 Å². The fourth-order valence-electron chi connectivity index (χ4n) is 4.02. The first-order chi connectivity index (χ1) is 18.7. The van der Waals surface area contributed by atoms with E-state index >= 15 is 0 Å². The maximum atomic E-state index is 4.68. The van der Waals surface area contributed by atoms with E-state index in [4.69, 9.17) is 0 Å². The van der Waals surface area contributed by atoms with Gasteiger partial charge in [-0.1, -0.05) is 36.7 Å². The summed E-state index contributed by atoms with van der Waals surface area (Å²) in [6.45, 7) is 7.89. The van der Waals surface area contributed by atoms with Gasteiger partial charge in [0.25, 0.3) is 0 Å². The van der Waals surface area contributed by atoms with Crippen LogP contribution in [0, 0.1) is 0 Å². The monoisotopic (exact) mass is 530 g/mol. The van der Waals surface area contributed by atoms with Gasteiger partial charge in [0, 0.05) is 45.7 Å². The smallest absolute Gasteiger partial charge is 0.144 e. The van der Waals surface area contributed by atoms with Crippen LogP contribution in [0.5, 0.6) is 0 Å². The molecular formula is C30H22N6S2. The van der Waals surface area contributed by atoms with Gasteiger partial charge in [0.05, 0.1) is 32.6 Å². The summed E-state index contributed by atoms with van der Waals surface area (Å²) in [5, 5.41) is 6.70. The minimum Gasteiger partial charge on any atom is -0.338 e. The Kier molecular flexibility index (Phi) is 6.64. The Hall–Kier alpha value is -4.40. The van der Waals surface area contributed by atoms with E-state index in [9.17, 15) is 0 Å². The van der Waals surface area contributed by atoms with Crippen LogP contribution in [-0.2, 0) is 0 Å². The molecule has 0 saturated heterocycles. The zero-order valence-corrected chi connectivity index (χ0v) is 21.9. The lowest BCUT2D eigenvalue weighted by atomic mass is 10.1. The summed E-state index contributed by atoms with van der Waals surface area (Å²) in [5.74, 6) is 1.69. The predicted octanol–water partition coefficient (Wildman–Crippen LogP) is 7.63. The molecular weight excluding hydrogens is 509 g/mol. The standard InChI is InChI=1S/C30H22N6S2/c1-3-22-25(37-27-7-5-15-31-29(27)35-22)13-10-20-9-11-21-19(17-33-20)18-34-24(21)12-14-26-23(4-2)36-30-28(38-26)8-6-16-32-30/h3-18H,1-2H2,(H,31,35)(H,32,36)/b13-10+,14-12+. The third-order valence-electron chi connectivity index (χ3n) is 5.93. The first kappa shape index (κ1) is 24.0. The van der Waals surface area contributed by atoms with Crippen LogP contribution in [0.3, 0.4) is 0 Å². The van der Waals surface area contributed by atoms with Crippen LogP contribution in [0.15, 0.2) is 130 Å². The fourth-order valence-corrected chi connectivity index (χ4v) is 5.95. The number of allylic oxidation sites excluding steroid dienone is 4. The largest absolute Gasteiger partial charge is 0.338 e. The molecule has 2 aromatic heterocycles. The van der Waals surface area contributed by atoms with E-state index in [1.807, 2.05) is 54.9 Å². The van der Waals surface area contributed by atoms with Crippen LogP contribution in [0.1, 0.15) is 11.4 Å². The number of aromatic nitrogens is 4. The lowest BCUT2D eigenvalue weighted by molar-refractivity contribution is 1.20. The van der Waals surface area contributed by atoms with Gasteiger partial charge in [-0.2, -0.15) is 0 Å². The summed E-state index contributed by atoms with van der Waals surface area (Å²) in [7, 11) is 0. The van der Waals surface area contributed by atoms with Crippen molar-refractivity contribution in [3.8, 4) is 11.1 Å². The fraction of sp³-hybridized carbons (Fsp3) is 0. The Morgan fingerprint density at radius 1 is 0.658 bits per heavy atom. The van der Waals surface area contributed by atoms with Gasteiger partial charge >= 0.3 is 0 Å². The summed E-state index contributed by atoms with van der Waals surface area (Å²) in [5.41, 5.74) is 5.59. The first-order valence-corrected chi connectivity index (χ1v) is 13.5. The SMILES string of the molecule is C=CC1=C(/C=C/c2ccc3c(/C=C/C4=C(C=C)Nc5ncccc5S4)ncc-3cn2)Sc2cccnc2N1. The molecule has 6 heterocycles. The summed E-state index contributed by atoms with van der Waals surface area (Å²) >= 11 is 3.32. The number of nitrogens with zero attached hydrogens (tertiary/aromatic N) is 4. The highest BCUT2D eigenvalue weighted by Crippen LogP contribution is 2.40. The Morgan fingerprint density at radius 2 is 1.26 bits per heavy atom. The van der Waals surface area contributed by atoms with E-state index < -0.39 is 0 Å². The Balaban J connectivity index is 1.25. The Morgan fingerprint density at radius 3 is 1.89 bits per heavy atom. The molecule has 4 aliphatic heterocycles. The molecule has 184 valence electrons. The third kappa shape index (κ3) is 4.79. The molecule has 0 aliphatic carbocycles. The highest BCUT2D eigenvalue weighted by molar-refractivity contribution is 8.03. The van der Waals surface area contributed by atoms with Crippen LogP contribution < -0.4 is 10.6 Å². The van der Waals surface area contributed by atoms with Crippen molar-refractivity contribution in [2.75, 3.05) is 10.6 Å². The molecule has 2 aromatic rings. The second-order valence-corrected chi connectivity index (χ2v) is 10.5. The minimum atomic E-state index is 0.845. The molecule has 0 atom stereocenters. The Labute approximate surface area is 229 Å². The number of pyridine rings is 2. The van der Waals surface area contributed by atoms with Crippen molar-refractivity contribution in [3.05, 3.63) is 131 Å². The van der Waals surface area contributed by atoms with E-state index in [0.717, 1.165) is 65.1 Å². The zero-order chi connectivity index (χ0) is 25.9. The highest BCUT2D eigenvalue weighted by atomic mass is 32.2. The van der Waals surface area contributed by atoms with Crippen LogP contribution in [0.2, 0.25) is 0 Å². The second-order valence-electron chi connectivity index (χ2n) is 8.31. The molecule has 2 N–H and O–H groups in total. The van der Waals surface area contributed by atoms with Crippen LogP contribution in [0.4, 0.5) is 11.6 Å². The molecule has 0 spiro atoms. The molecule has 8 heteroatoms.